The number of nitrogens with zero attached hydrogens (tertiary/aromatic N) is 2. The Kier molecular flexibility index (Phi) is 4.00. The topological polar surface area (TPSA) is 61.0 Å². The van der Waals surface area contributed by atoms with Crippen molar-refractivity contribution in [3.05, 3.63) is 41.7 Å². The van der Waals surface area contributed by atoms with Crippen molar-refractivity contribution in [2.24, 2.45) is 0 Å². The van der Waals surface area contributed by atoms with Crippen molar-refractivity contribution in [1.29, 1.82) is 0 Å². The van der Waals surface area contributed by atoms with E-state index in [-0.39, 0.29) is 5.92 Å². The molecule has 0 radical (unpaired) electrons. The molecule has 0 atom stereocenters. The molecule has 1 aromatic heterocycles. The highest BCUT2D eigenvalue weighted by molar-refractivity contribution is 5.36. The summed E-state index contributed by atoms with van der Waals surface area (Å²) in [6.07, 6.45) is 1.01. The summed E-state index contributed by atoms with van der Waals surface area (Å²) in [5, 5.41) is 0. The summed E-state index contributed by atoms with van der Waals surface area (Å²) >= 11 is 0. The molecule has 0 saturated heterocycles. The third kappa shape index (κ3) is 3.44. The minimum atomic E-state index is 0.216. The predicted molar refractivity (Wildman–Crippen MR) is 76.4 cm³/mol. The van der Waals surface area contributed by atoms with Crippen LogP contribution < -0.4 is 10.5 Å². The van der Waals surface area contributed by atoms with Gasteiger partial charge in [0.25, 0.3) is 0 Å². The van der Waals surface area contributed by atoms with Crippen molar-refractivity contribution in [1.82, 2.24) is 9.97 Å². The minimum Gasteiger partial charge on any atom is -0.439 e. The molecule has 2 N–H and O–H groups in total. The maximum Gasteiger partial charge on any atom is 0.224 e. The molecule has 0 spiro atoms. The Labute approximate surface area is 113 Å². The predicted octanol–water partition coefficient (Wildman–Crippen LogP) is 3.54. The molecule has 2 aromatic rings. The zero-order valence-electron chi connectivity index (χ0n) is 11.6. The number of hydrogen-bond acceptors (Lipinski definition) is 4. The van der Waals surface area contributed by atoms with Gasteiger partial charge in [-0.2, -0.15) is 4.98 Å². The summed E-state index contributed by atoms with van der Waals surface area (Å²) in [6.45, 7) is 6.17. The average molecular weight is 257 g/mol. The van der Waals surface area contributed by atoms with E-state index in [1.165, 1.54) is 5.56 Å². The molecule has 2 rings (SSSR count). The van der Waals surface area contributed by atoms with E-state index in [4.69, 9.17) is 10.5 Å². The van der Waals surface area contributed by atoms with Gasteiger partial charge in [0.05, 0.1) is 0 Å². The van der Waals surface area contributed by atoms with E-state index >= 15 is 0 Å². The van der Waals surface area contributed by atoms with Gasteiger partial charge in [0.15, 0.2) is 0 Å². The van der Waals surface area contributed by atoms with E-state index < -0.39 is 0 Å². The standard InChI is InChI=1S/C15H19N3O/c1-4-11-5-7-12(8-6-11)19-14-9-13(16)17-15(18-14)10(2)3/h5-10H,4H2,1-3H3,(H2,16,17,18). The van der Waals surface area contributed by atoms with Crippen LogP contribution in [0.4, 0.5) is 5.82 Å². The molecule has 0 saturated carbocycles. The third-order valence-corrected chi connectivity index (χ3v) is 2.81. The molecule has 0 amide bonds. The van der Waals surface area contributed by atoms with Crippen LogP contribution in [0.3, 0.4) is 0 Å². The van der Waals surface area contributed by atoms with Gasteiger partial charge in [-0.1, -0.05) is 32.9 Å². The van der Waals surface area contributed by atoms with Gasteiger partial charge in [-0.25, -0.2) is 4.98 Å². The van der Waals surface area contributed by atoms with Crippen molar-refractivity contribution in [3.63, 3.8) is 0 Å². The van der Waals surface area contributed by atoms with Crippen LogP contribution in [-0.4, -0.2) is 9.97 Å². The van der Waals surface area contributed by atoms with E-state index in [0.717, 1.165) is 12.2 Å². The molecule has 4 heteroatoms. The van der Waals surface area contributed by atoms with Gasteiger partial charge in [0, 0.05) is 12.0 Å². The molecule has 4 nitrogen and oxygen atoms in total. The van der Waals surface area contributed by atoms with Crippen molar-refractivity contribution in [3.8, 4) is 11.6 Å². The van der Waals surface area contributed by atoms with Gasteiger partial charge in [-0.15, -0.1) is 0 Å². The van der Waals surface area contributed by atoms with E-state index in [9.17, 15) is 0 Å². The SMILES string of the molecule is CCc1ccc(Oc2cc(N)nc(C(C)C)n2)cc1. The van der Waals surface area contributed by atoms with Gasteiger partial charge < -0.3 is 10.5 Å². The minimum absolute atomic E-state index is 0.216. The second-order valence-electron chi connectivity index (χ2n) is 4.74. The smallest absolute Gasteiger partial charge is 0.224 e. The molecule has 1 heterocycles. The van der Waals surface area contributed by atoms with Crippen LogP contribution in [0.2, 0.25) is 0 Å². The summed E-state index contributed by atoms with van der Waals surface area (Å²) in [5.41, 5.74) is 7.04. The first-order chi connectivity index (χ1) is 9.08. The fourth-order valence-electron chi connectivity index (χ4n) is 1.69. The van der Waals surface area contributed by atoms with E-state index in [1.54, 1.807) is 6.07 Å². The second-order valence-corrected chi connectivity index (χ2v) is 4.74. The molecule has 0 fully saturated rings. The molecule has 0 bridgehead atoms. The second kappa shape index (κ2) is 5.69. The Bertz CT molecular complexity index is 550. The fraction of sp³-hybridized carbons (Fsp3) is 0.333. The lowest BCUT2D eigenvalue weighted by molar-refractivity contribution is 0.457. The first-order valence-electron chi connectivity index (χ1n) is 6.49. The lowest BCUT2D eigenvalue weighted by Crippen LogP contribution is -2.03. The quantitative estimate of drug-likeness (QED) is 0.910. The van der Waals surface area contributed by atoms with Gasteiger partial charge in [-0.05, 0) is 24.1 Å². The van der Waals surface area contributed by atoms with Gasteiger partial charge in [0.2, 0.25) is 5.88 Å². The fourth-order valence-corrected chi connectivity index (χ4v) is 1.69. The summed E-state index contributed by atoms with van der Waals surface area (Å²) in [7, 11) is 0. The van der Waals surface area contributed by atoms with Crippen LogP contribution >= 0.6 is 0 Å². The Balaban J connectivity index is 2.22. The highest BCUT2D eigenvalue weighted by atomic mass is 16.5. The molecule has 0 unspecified atom stereocenters. The molecule has 0 aliphatic rings. The molecule has 0 aliphatic heterocycles. The van der Waals surface area contributed by atoms with Gasteiger partial charge >= 0.3 is 0 Å². The normalized spacial score (nSPS) is 10.7. The van der Waals surface area contributed by atoms with Crippen molar-refractivity contribution >= 4 is 5.82 Å². The van der Waals surface area contributed by atoms with Crippen LogP contribution in [0.5, 0.6) is 11.6 Å². The number of benzene rings is 1. The van der Waals surface area contributed by atoms with E-state index in [0.29, 0.717) is 17.5 Å². The maximum atomic E-state index is 5.77. The van der Waals surface area contributed by atoms with Crippen molar-refractivity contribution in [2.75, 3.05) is 5.73 Å². The Hall–Kier alpha value is -2.10. The number of nitrogen functional groups attached to an aromatic ring is 1. The molecule has 0 aliphatic carbocycles. The first-order valence-corrected chi connectivity index (χ1v) is 6.49. The van der Waals surface area contributed by atoms with Crippen LogP contribution in [0.25, 0.3) is 0 Å². The number of rotatable bonds is 4. The molecule has 19 heavy (non-hydrogen) atoms. The maximum absolute atomic E-state index is 5.77. The van der Waals surface area contributed by atoms with E-state index in [1.807, 2.05) is 38.1 Å². The number of ether oxygens (including phenoxy) is 1. The lowest BCUT2D eigenvalue weighted by Gasteiger charge is -2.09. The number of anilines is 1. The lowest BCUT2D eigenvalue weighted by atomic mass is 10.2. The summed E-state index contributed by atoms with van der Waals surface area (Å²) in [5.74, 6) is 2.58. The van der Waals surface area contributed by atoms with Crippen LogP contribution in [0.15, 0.2) is 30.3 Å². The van der Waals surface area contributed by atoms with Gasteiger partial charge in [-0.3, -0.25) is 0 Å². The molecule has 1 aromatic carbocycles. The molecular formula is C15H19N3O. The Morgan fingerprint density at radius 2 is 1.84 bits per heavy atom. The Morgan fingerprint density at radius 1 is 1.16 bits per heavy atom. The summed E-state index contributed by atoms with van der Waals surface area (Å²) in [6, 6.07) is 9.60. The van der Waals surface area contributed by atoms with Crippen LogP contribution in [0, 0.1) is 0 Å². The third-order valence-electron chi connectivity index (χ3n) is 2.81. The number of aromatic nitrogens is 2. The highest BCUT2D eigenvalue weighted by Gasteiger charge is 2.08. The van der Waals surface area contributed by atoms with Crippen LogP contribution in [0.1, 0.15) is 38.1 Å². The van der Waals surface area contributed by atoms with Crippen LogP contribution in [-0.2, 0) is 6.42 Å². The molecular weight excluding hydrogens is 238 g/mol. The zero-order chi connectivity index (χ0) is 13.8. The average Bonchev–Trinajstić information content (AvgIpc) is 2.39. The molecule has 100 valence electrons. The largest absolute Gasteiger partial charge is 0.439 e. The van der Waals surface area contributed by atoms with Crippen molar-refractivity contribution < 1.29 is 4.74 Å². The monoisotopic (exact) mass is 257 g/mol. The van der Waals surface area contributed by atoms with Gasteiger partial charge in [0.1, 0.15) is 17.4 Å². The zero-order valence-corrected chi connectivity index (χ0v) is 11.6. The number of aryl methyl sites for hydroxylation is 1. The highest BCUT2D eigenvalue weighted by Crippen LogP contribution is 2.23. The summed E-state index contributed by atoms with van der Waals surface area (Å²) < 4.78 is 5.72. The number of nitrogens with two attached hydrogens (primary N) is 1. The Morgan fingerprint density at radius 3 is 2.42 bits per heavy atom. The summed E-state index contributed by atoms with van der Waals surface area (Å²) in [4.78, 5) is 8.55. The number of hydrogen-bond donors (Lipinski definition) is 1. The van der Waals surface area contributed by atoms with Crippen molar-refractivity contribution in [2.45, 2.75) is 33.1 Å². The van der Waals surface area contributed by atoms with E-state index in [2.05, 4.69) is 16.9 Å². The first kappa shape index (κ1) is 13.3.